The Morgan fingerprint density at radius 1 is 1.43 bits per heavy atom. The van der Waals surface area contributed by atoms with Crippen molar-refractivity contribution in [2.75, 3.05) is 31.7 Å². The van der Waals surface area contributed by atoms with Crippen LogP contribution in [0.25, 0.3) is 11.3 Å². The number of ether oxygens (including phenoxy) is 1. The smallest absolute Gasteiger partial charge is 0.343 e. The second-order valence-electron chi connectivity index (χ2n) is 5.79. The Kier molecular flexibility index (Phi) is 4.62. The van der Waals surface area contributed by atoms with Gasteiger partial charge in [0.25, 0.3) is 0 Å². The number of carbonyl (C=O) groups is 1. The second-order valence-corrected chi connectivity index (χ2v) is 5.79. The highest BCUT2D eigenvalue weighted by atomic mass is 16.5. The molecule has 1 atom stereocenters. The molecule has 0 radical (unpaired) electrons. The molecule has 122 valence electrons. The predicted molar refractivity (Wildman–Crippen MR) is 85.7 cm³/mol. The van der Waals surface area contributed by atoms with Gasteiger partial charge in [0.05, 0.1) is 6.61 Å². The number of carboxylic acids is 1. The zero-order chi connectivity index (χ0) is 16.2. The molecule has 0 aliphatic carbocycles. The fraction of sp³-hybridized carbons (Fsp3) is 0.412. The average molecular weight is 316 g/mol. The second kappa shape index (κ2) is 6.83. The number of hydrogen-bond acceptors (Lipinski definition) is 5. The van der Waals surface area contributed by atoms with Crippen molar-refractivity contribution in [2.24, 2.45) is 5.92 Å². The first-order valence-corrected chi connectivity index (χ1v) is 7.73. The first-order chi connectivity index (χ1) is 11.2. The summed E-state index contributed by atoms with van der Waals surface area (Å²) in [5, 5.41) is 13.7. The molecule has 0 amide bonds. The normalized spacial score (nSPS) is 18.1. The molecule has 1 aromatic heterocycles. The van der Waals surface area contributed by atoms with E-state index in [1.807, 2.05) is 35.2 Å². The van der Waals surface area contributed by atoms with Crippen LogP contribution in [0.2, 0.25) is 0 Å². The zero-order valence-electron chi connectivity index (χ0n) is 13.1. The Labute approximate surface area is 134 Å². The monoisotopic (exact) mass is 316 g/mol. The topological polar surface area (TPSA) is 75.8 Å². The molecule has 1 N–H and O–H groups in total. The Balaban J connectivity index is 1.94. The van der Waals surface area contributed by atoms with Crippen molar-refractivity contribution >= 4 is 11.8 Å². The van der Waals surface area contributed by atoms with Gasteiger partial charge in [-0.1, -0.05) is 35.5 Å². The maximum atomic E-state index is 11.8. The molecule has 1 fully saturated rings. The lowest BCUT2D eigenvalue weighted by Crippen LogP contribution is -2.38. The fourth-order valence-corrected chi connectivity index (χ4v) is 3.11. The number of nitrogens with zero attached hydrogens (tertiary/aromatic N) is 2. The highest BCUT2D eigenvalue weighted by molar-refractivity contribution is 5.99. The van der Waals surface area contributed by atoms with E-state index in [1.54, 1.807) is 7.11 Å². The Morgan fingerprint density at radius 3 is 2.91 bits per heavy atom. The minimum atomic E-state index is -1.02. The van der Waals surface area contributed by atoms with E-state index in [0.29, 0.717) is 29.7 Å². The van der Waals surface area contributed by atoms with Gasteiger partial charge in [0.2, 0.25) is 0 Å². The summed E-state index contributed by atoms with van der Waals surface area (Å²) < 4.78 is 10.6. The number of methoxy groups -OCH3 is 1. The predicted octanol–water partition coefficient (Wildman–Crippen LogP) is 2.90. The lowest BCUT2D eigenvalue weighted by molar-refractivity contribution is 0.0697. The summed E-state index contributed by atoms with van der Waals surface area (Å²) in [6.07, 6.45) is 2.07. The molecule has 1 saturated heterocycles. The van der Waals surface area contributed by atoms with Gasteiger partial charge in [-0.25, -0.2) is 4.79 Å². The minimum Gasteiger partial charge on any atom is -0.477 e. The number of hydrogen-bond donors (Lipinski definition) is 1. The van der Waals surface area contributed by atoms with Crippen molar-refractivity contribution in [3.63, 3.8) is 0 Å². The summed E-state index contributed by atoms with van der Waals surface area (Å²) in [5.74, 6) is 0.0837. The van der Waals surface area contributed by atoms with Gasteiger partial charge < -0.3 is 19.3 Å². The van der Waals surface area contributed by atoms with Crippen molar-refractivity contribution in [3.8, 4) is 11.3 Å². The molecule has 2 aromatic rings. The third-order valence-electron chi connectivity index (χ3n) is 4.14. The molecule has 3 rings (SSSR count). The minimum absolute atomic E-state index is 0.134. The number of anilines is 1. The van der Waals surface area contributed by atoms with Gasteiger partial charge in [0.15, 0.2) is 17.1 Å². The summed E-state index contributed by atoms with van der Waals surface area (Å²) in [5.41, 5.74) is 0.850. The number of benzene rings is 1. The molecule has 2 heterocycles. The van der Waals surface area contributed by atoms with Crippen molar-refractivity contribution in [2.45, 2.75) is 12.8 Å². The van der Waals surface area contributed by atoms with Crippen molar-refractivity contribution in [1.29, 1.82) is 0 Å². The van der Waals surface area contributed by atoms with Crippen LogP contribution >= 0.6 is 0 Å². The van der Waals surface area contributed by atoms with E-state index in [-0.39, 0.29) is 5.56 Å². The van der Waals surface area contributed by atoms with E-state index < -0.39 is 5.97 Å². The van der Waals surface area contributed by atoms with Crippen molar-refractivity contribution in [3.05, 3.63) is 35.9 Å². The Bertz CT molecular complexity index is 666. The zero-order valence-corrected chi connectivity index (χ0v) is 13.1. The van der Waals surface area contributed by atoms with Crippen LogP contribution in [-0.2, 0) is 4.74 Å². The van der Waals surface area contributed by atoms with Gasteiger partial charge in [-0.05, 0) is 18.8 Å². The van der Waals surface area contributed by atoms with E-state index in [9.17, 15) is 9.90 Å². The lowest BCUT2D eigenvalue weighted by Gasteiger charge is -2.32. The molecule has 0 bridgehead atoms. The molecule has 0 spiro atoms. The SMILES string of the molecule is COCC1CCCN(c2noc(-c3ccccc3)c2C(=O)O)C1. The number of aromatic nitrogens is 1. The molecule has 1 aliphatic heterocycles. The maximum absolute atomic E-state index is 11.8. The molecular weight excluding hydrogens is 296 g/mol. The summed E-state index contributed by atoms with van der Waals surface area (Å²) in [6, 6.07) is 9.21. The highest BCUT2D eigenvalue weighted by Gasteiger charge is 2.30. The average Bonchev–Trinajstić information content (AvgIpc) is 3.01. The molecular formula is C17H20N2O4. The van der Waals surface area contributed by atoms with Crippen molar-refractivity contribution in [1.82, 2.24) is 5.16 Å². The van der Waals surface area contributed by atoms with Crippen LogP contribution in [0.5, 0.6) is 0 Å². The first kappa shape index (κ1) is 15.6. The number of aromatic carboxylic acids is 1. The van der Waals surface area contributed by atoms with Gasteiger partial charge in [0, 0.05) is 25.8 Å². The number of carboxylic acid groups (broad SMARTS) is 1. The van der Waals surface area contributed by atoms with E-state index in [4.69, 9.17) is 9.26 Å². The fourth-order valence-electron chi connectivity index (χ4n) is 3.11. The largest absolute Gasteiger partial charge is 0.477 e. The highest BCUT2D eigenvalue weighted by Crippen LogP contribution is 2.33. The van der Waals surface area contributed by atoms with E-state index in [0.717, 1.165) is 25.9 Å². The van der Waals surface area contributed by atoms with Crippen LogP contribution in [0.3, 0.4) is 0 Å². The third-order valence-corrected chi connectivity index (χ3v) is 4.14. The summed E-state index contributed by atoms with van der Waals surface area (Å²) in [7, 11) is 1.69. The van der Waals surface area contributed by atoms with Crippen LogP contribution < -0.4 is 4.90 Å². The van der Waals surface area contributed by atoms with Gasteiger partial charge in [-0.2, -0.15) is 0 Å². The van der Waals surface area contributed by atoms with E-state index in [2.05, 4.69) is 5.16 Å². The molecule has 0 saturated carbocycles. The van der Waals surface area contributed by atoms with Crippen molar-refractivity contribution < 1.29 is 19.2 Å². The summed E-state index contributed by atoms with van der Waals surface area (Å²) in [6.45, 7) is 2.18. The third kappa shape index (κ3) is 3.22. The van der Waals surface area contributed by atoms with Crippen LogP contribution in [0.1, 0.15) is 23.2 Å². The van der Waals surface area contributed by atoms with Gasteiger partial charge >= 0.3 is 5.97 Å². The molecule has 1 unspecified atom stereocenters. The molecule has 1 aromatic carbocycles. The number of piperidine rings is 1. The molecule has 6 nitrogen and oxygen atoms in total. The maximum Gasteiger partial charge on any atom is 0.343 e. The van der Waals surface area contributed by atoms with Crippen LogP contribution in [0.4, 0.5) is 5.82 Å². The summed E-state index contributed by atoms with van der Waals surface area (Å²) >= 11 is 0. The van der Waals surface area contributed by atoms with Gasteiger partial charge in [-0.3, -0.25) is 0 Å². The Morgan fingerprint density at radius 2 is 2.22 bits per heavy atom. The summed E-state index contributed by atoms with van der Waals surface area (Å²) in [4.78, 5) is 13.8. The first-order valence-electron chi connectivity index (χ1n) is 7.73. The quantitative estimate of drug-likeness (QED) is 0.914. The lowest BCUT2D eigenvalue weighted by atomic mass is 9.98. The van der Waals surface area contributed by atoms with Gasteiger partial charge in [0.1, 0.15) is 0 Å². The number of rotatable bonds is 5. The molecule has 6 heteroatoms. The standard InChI is InChI=1S/C17H20N2O4/c1-22-11-12-6-5-9-19(10-12)16-14(17(20)21)15(23-18-16)13-7-3-2-4-8-13/h2-4,7-8,12H,5-6,9-11H2,1H3,(H,20,21). The van der Waals surface area contributed by atoms with Crippen LogP contribution in [0, 0.1) is 5.92 Å². The van der Waals surface area contributed by atoms with Crippen LogP contribution in [-0.4, -0.2) is 43.0 Å². The van der Waals surface area contributed by atoms with Gasteiger partial charge in [-0.15, -0.1) is 0 Å². The van der Waals surface area contributed by atoms with Crippen LogP contribution in [0.15, 0.2) is 34.9 Å². The van der Waals surface area contributed by atoms with E-state index in [1.165, 1.54) is 0 Å². The van der Waals surface area contributed by atoms with E-state index >= 15 is 0 Å². The molecule has 1 aliphatic rings. The Hall–Kier alpha value is -2.34. The molecule has 23 heavy (non-hydrogen) atoms.